The largest absolute Gasteiger partial charge is 0.494 e. The predicted octanol–water partition coefficient (Wildman–Crippen LogP) is 2.09. The number of hydrogen-bond acceptors (Lipinski definition) is 3. The Balaban J connectivity index is 2.82. The van der Waals surface area contributed by atoms with Crippen LogP contribution < -0.4 is 15.8 Å². The molecule has 1 atom stereocenters. The SMILES string of the molecule is CCC(C(=O)Nc1ccc(OC)c(F)c1)C(N)=S. The van der Waals surface area contributed by atoms with E-state index in [4.69, 9.17) is 22.7 Å². The molecule has 1 rings (SSSR count). The molecule has 0 saturated carbocycles. The Bertz CT molecular complexity index is 465. The van der Waals surface area contributed by atoms with E-state index in [1.807, 2.05) is 0 Å². The molecule has 0 spiro atoms. The Morgan fingerprint density at radius 1 is 1.61 bits per heavy atom. The first-order chi connectivity index (χ1) is 8.49. The van der Waals surface area contributed by atoms with E-state index in [1.54, 1.807) is 13.0 Å². The number of amides is 1. The van der Waals surface area contributed by atoms with Crippen LogP contribution in [0, 0.1) is 11.7 Å². The maximum Gasteiger partial charge on any atom is 0.234 e. The van der Waals surface area contributed by atoms with E-state index in [2.05, 4.69) is 5.32 Å². The van der Waals surface area contributed by atoms with Gasteiger partial charge in [0, 0.05) is 11.8 Å². The van der Waals surface area contributed by atoms with Crippen LogP contribution in [0.15, 0.2) is 18.2 Å². The molecule has 0 radical (unpaired) electrons. The van der Waals surface area contributed by atoms with Gasteiger partial charge in [-0.15, -0.1) is 0 Å². The molecule has 0 fully saturated rings. The standard InChI is InChI=1S/C12H15FN2O2S/c1-3-8(11(14)18)12(16)15-7-4-5-10(17-2)9(13)6-7/h4-6,8H,3H2,1-2H3,(H2,14,18)(H,15,16). The van der Waals surface area contributed by atoms with Crippen molar-refractivity contribution in [2.24, 2.45) is 11.7 Å². The fraction of sp³-hybridized carbons (Fsp3) is 0.333. The number of halogens is 1. The van der Waals surface area contributed by atoms with Crippen LogP contribution in [0.3, 0.4) is 0 Å². The van der Waals surface area contributed by atoms with Gasteiger partial charge in [-0.25, -0.2) is 4.39 Å². The highest BCUT2D eigenvalue weighted by Gasteiger charge is 2.19. The molecule has 3 N–H and O–H groups in total. The number of ether oxygens (including phenoxy) is 1. The Kier molecular flexibility index (Phi) is 5.03. The van der Waals surface area contributed by atoms with E-state index in [9.17, 15) is 9.18 Å². The van der Waals surface area contributed by atoms with Gasteiger partial charge in [-0.05, 0) is 18.6 Å². The summed E-state index contributed by atoms with van der Waals surface area (Å²) in [6, 6.07) is 4.17. The lowest BCUT2D eigenvalue weighted by Crippen LogP contribution is -2.32. The van der Waals surface area contributed by atoms with E-state index >= 15 is 0 Å². The van der Waals surface area contributed by atoms with Crippen molar-refractivity contribution in [3.63, 3.8) is 0 Å². The van der Waals surface area contributed by atoms with Gasteiger partial charge in [-0.1, -0.05) is 19.1 Å². The zero-order valence-electron chi connectivity index (χ0n) is 10.2. The van der Waals surface area contributed by atoms with Crippen LogP contribution in [0.4, 0.5) is 10.1 Å². The van der Waals surface area contributed by atoms with Crippen LogP contribution in [0.5, 0.6) is 5.75 Å². The molecule has 0 aliphatic heterocycles. The Labute approximate surface area is 110 Å². The van der Waals surface area contributed by atoms with E-state index < -0.39 is 11.7 Å². The van der Waals surface area contributed by atoms with Crippen LogP contribution in [0.1, 0.15) is 13.3 Å². The number of benzene rings is 1. The molecule has 0 heterocycles. The van der Waals surface area contributed by atoms with Crippen molar-refractivity contribution in [1.29, 1.82) is 0 Å². The summed E-state index contributed by atoms with van der Waals surface area (Å²) in [6.45, 7) is 1.80. The lowest BCUT2D eigenvalue weighted by Gasteiger charge is -2.13. The average Bonchev–Trinajstić information content (AvgIpc) is 2.29. The lowest BCUT2D eigenvalue weighted by atomic mass is 10.1. The number of methoxy groups -OCH3 is 1. The molecule has 0 aromatic heterocycles. The number of hydrogen-bond donors (Lipinski definition) is 2. The van der Waals surface area contributed by atoms with Gasteiger partial charge < -0.3 is 15.8 Å². The third-order valence-electron chi connectivity index (χ3n) is 2.49. The number of nitrogens with two attached hydrogens (primary N) is 1. The van der Waals surface area contributed by atoms with Crippen molar-refractivity contribution in [1.82, 2.24) is 0 Å². The summed E-state index contributed by atoms with van der Waals surface area (Å²) in [4.78, 5) is 11.9. The lowest BCUT2D eigenvalue weighted by molar-refractivity contribution is -0.118. The van der Waals surface area contributed by atoms with Crippen LogP contribution in [0.2, 0.25) is 0 Å². The van der Waals surface area contributed by atoms with Gasteiger partial charge in [0.25, 0.3) is 0 Å². The molecule has 1 aromatic rings. The summed E-state index contributed by atoms with van der Waals surface area (Å²) in [7, 11) is 1.37. The highest BCUT2D eigenvalue weighted by atomic mass is 32.1. The van der Waals surface area contributed by atoms with Crippen LogP contribution >= 0.6 is 12.2 Å². The molecule has 98 valence electrons. The van der Waals surface area contributed by atoms with Crippen molar-refractivity contribution in [2.45, 2.75) is 13.3 Å². The maximum atomic E-state index is 13.4. The van der Waals surface area contributed by atoms with Crippen molar-refractivity contribution in [3.8, 4) is 5.75 Å². The fourth-order valence-electron chi connectivity index (χ4n) is 1.49. The minimum absolute atomic E-state index is 0.120. The summed E-state index contributed by atoms with van der Waals surface area (Å²) in [5, 5.41) is 2.56. The molecule has 0 saturated heterocycles. The zero-order valence-corrected chi connectivity index (χ0v) is 11.0. The maximum absolute atomic E-state index is 13.4. The van der Waals surface area contributed by atoms with Crippen molar-refractivity contribution in [2.75, 3.05) is 12.4 Å². The average molecular weight is 270 g/mol. The molecular weight excluding hydrogens is 255 g/mol. The number of carbonyl (C=O) groups is 1. The van der Waals surface area contributed by atoms with Gasteiger partial charge in [0.2, 0.25) is 5.91 Å². The third kappa shape index (κ3) is 3.40. The minimum atomic E-state index is -0.551. The zero-order chi connectivity index (χ0) is 13.7. The Hall–Kier alpha value is -1.69. The first-order valence-electron chi connectivity index (χ1n) is 5.43. The van der Waals surface area contributed by atoms with Gasteiger partial charge in [-0.3, -0.25) is 4.79 Å². The van der Waals surface area contributed by atoms with E-state index in [0.717, 1.165) is 0 Å². The van der Waals surface area contributed by atoms with Gasteiger partial charge in [0.05, 0.1) is 18.0 Å². The summed E-state index contributed by atoms with van der Waals surface area (Å²) in [6.07, 6.45) is 0.500. The van der Waals surface area contributed by atoms with Gasteiger partial charge in [0.15, 0.2) is 11.6 Å². The number of rotatable bonds is 5. The van der Waals surface area contributed by atoms with Gasteiger partial charge >= 0.3 is 0 Å². The predicted molar refractivity (Wildman–Crippen MR) is 72.1 cm³/mol. The highest BCUT2D eigenvalue weighted by Crippen LogP contribution is 2.21. The molecule has 6 heteroatoms. The summed E-state index contributed by atoms with van der Waals surface area (Å²) in [5.41, 5.74) is 5.79. The van der Waals surface area contributed by atoms with Crippen molar-refractivity contribution >= 4 is 28.8 Å². The molecule has 1 aromatic carbocycles. The molecule has 4 nitrogen and oxygen atoms in total. The number of carbonyl (C=O) groups excluding carboxylic acids is 1. The van der Waals surface area contributed by atoms with Gasteiger partial charge in [-0.2, -0.15) is 0 Å². The van der Waals surface area contributed by atoms with Crippen LogP contribution in [-0.4, -0.2) is 18.0 Å². The molecule has 0 aliphatic carbocycles. The quantitative estimate of drug-likeness (QED) is 0.804. The second-order valence-electron chi connectivity index (χ2n) is 3.70. The third-order valence-corrected chi connectivity index (χ3v) is 2.77. The second kappa shape index (κ2) is 6.30. The minimum Gasteiger partial charge on any atom is -0.494 e. The van der Waals surface area contributed by atoms with E-state index in [0.29, 0.717) is 12.1 Å². The number of thiocarbonyl (C=S) groups is 1. The Morgan fingerprint density at radius 2 is 2.28 bits per heavy atom. The molecular formula is C12H15FN2O2S. The topological polar surface area (TPSA) is 64.3 Å². The molecule has 18 heavy (non-hydrogen) atoms. The summed E-state index contributed by atoms with van der Waals surface area (Å²) in [5.74, 6) is -1.31. The van der Waals surface area contributed by atoms with Crippen LogP contribution in [-0.2, 0) is 4.79 Å². The van der Waals surface area contributed by atoms with Crippen molar-refractivity contribution < 1.29 is 13.9 Å². The molecule has 1 unspecified atom stereocenters. The number of anilines is 1. The normalized spacial score (nSPS) is 11.7. The second-order valence-corrected chi connectivity index (χ2v) is 4.17. The first kappa shape index (κ1) is 14.4. The number of nitrogens with one attached hydrogen (secondary N) is 1. The smallest absolute Gasteiger partial charge is 0.234 e. The van der Waals surface area contributed by atoms with Gasteiger partial charge in [0.1, 0.15) is 0 Å². The van der Waals surface area contributed by atoms with E-state index in [1.165, 1.54) is 19.2 Å². The molecule has 0 aliphatic rings. The van der Waals surface area contributed by atoms with E-state index in [-0.39, 0.29) is 16.6 Å². The Morgan fingerprint density at radius 3 is 2.72 bits per heavy atom. The first-order valence-corrected chi connectivity index (χ1v) is 5.84. The van der Waals surface area contributed by atoms with Crippen LogP contribution in [0.25, 0.3) is 0 Å². The monoisotopic (exact) mass is 270 g/mol. The molecule has 0 bridgehead atoms. The summed E-state index contributed by atoms with van der Waals surface area (Å²) < 4.78 is 18.2. The molecule has 1 amide bonds. The highest BCUT2D eigenvalue weighted by molar-refractivity contribution is 7.80. The fourth-order valence-corrected chi connectivity index (χ4v) is 1.76. The summed E-state index contributed by atoms with van der Waals surface area (Å²) >= 11 is 4.80. The van der Waals surface area contributed by atoms with Crippen molar-refractivity contribution in [3.05, 3.63) is 24.0 Å².